The van der Waals surface area contributed by atoms with Crippen LogP contribution in [-0.2, 0) is 6.54 Å². The van der Waals surface area contributed by atoms with Crippen LogP contribution in [0.4, 0.5) is 0 Å². The molecule has 18 heavy (non-hydrogen) atoms. The van der Waals surface area contributed by atoms with Crippen LogP contribution in [0, 0.1) is 0 Å². The Morgan fingerprint density at radius 1 is 0.889 bits per heavy atom. The lowest BCUT2D eigenvalue weighted by Gasteiger charge is -2.00. The molecule has 0 aliphatic carbocycles. The second-order valence-electron chi connectivity index (χ2n) is 4.38. The van der Waals surface area contributed by atoms with E-state index >= 15 is 0 Å². The predicted octanol–water partition coefficient (Wildman–Crippen LogP) is 3.94. The first-order chi connectivity index (χ1) is 8.81. The minimum Gasteiger partial charge on any atom is -0.200 e. The number of hydrogen-bond donors (Lipinski definition) is 0. The highest BCUT2D eigenvalue weighted by molar-refractivity contribution is 9.10. The quantitative estimate of drug-likeness (QED) is 0.631. The zero-order chi connectivity index (χ0) is 12.4. The Morgan fingerprint density at radius 3 is 2.56 bits per heavy atom. The van der Waals surface area contributed by atoms with Crippen LogP contribution in [0.5, 0.6) is 0 Å². The van der Waals surface area contributed by atoms with Crippen LogP contribution >= 0.6 is 15.9 Å². The molecule has 1 nitrogen and oxygen atoms in total. The molecule has 3 rings (SSSR count). The summed E-state index contributed by atoms with van der Waals surface area (Å²) in [5, 5.41) is 2.52. The zero-order valence-corrected chi connectivity index (χ0v) is 11.5. The SMILES string of the molecule is Brc1ccc2cc[n+](Cc3ccccc3)cc2c1. The van der Waals surface area contributed by atoms with Crippen LogP contribution < -0.4 is 4.57 Å². The van der Waals surface area contributed by atoms with Crippen molar-refractivity contribution in [1.82, 2.24) is 0 Å². The fourth-order valence-electron chi connectivity index (χ4n) is 2.10. The molecule has 1 aromatic heterocycles. The third-order valence-corrected chi connectivity index (χ3v) is 3.50. The molecule has 0 bridgehead atoms. The van der Waals surface area contributed by atoms with Crippen LogP contribution in [-0.4, -0.2) is 0 Å². The van der Waals surface area contributed by atoms with E-state index in [-0.39, 0.29) is 0 Å². The summed E-state index contributed by atoms with van der Waals surface area (Å²) < 4.78 is 3.33. The molecule has 88 valence electrons. The topological polar surface area (TPSA) is 3.88 Å². The van der Waals surface area contributed by atoms with Crippen molar-refractivity contribution in [2.75, 3.05) is 0 Å². The lowest BCUT2D eigenvalue weighted by Crippen LogP contribution is -2.33. The molecule has 0 aliphatic heterocycles. The molecular formula is C16H13BrN+. The van der Waals surface area contributed by atoms with Gasteiger partial charge in [-0.25, -0.2) is 4.57 Å². The van der Waals surface area contributed by atoms with Gasteiger partial charge in [-0.15, -0.1) is 0 Å². The van der Waals surface area contributed by atoms with Crippen molar-refractivity contribution in [3.8, 4) is 0 Å². The van der Waals surface area contributed by atoms with E-state index in [0.29, 0.717) is 0 Å². The lowest BCUT2D eigenvalue weighted by atomic mass is 10.1. The molecule has 1 heterocycles. The number of nitrogens with zero attached hydrogens (tertiary/aromatic N) is 1. The summed E-state index contributed by atoms with van der Waals surface area (Å²) in [6.07, 6.45) is 4.32. The normalized spacial score (nSPS) is 10.7. The monoisotopic (exact) mass is 298 g/mol. The van der Waals surface area contributed by atoms with Crippen molar-refractivity contribution in [3.63, 3.8) is 0 Å². The highest BCUT2D eigenvalue weighted by atomic mass is 79.9. The average molecular weight is 299 g/mol. The van der Waals surface area contributed by atoms with E-state index in [0.717, 1.165) is 11.0 Å². The van der Waals surface area contributed by atoms with Gasteiger partial charge in [0.2, 0.25) is 0 Å². The molecule has 2 aromatic carbocycles. The van der Waals surface area contributed by atoms with E-state index in [1.807, 2.05) is 6.07 Å². The van der Waals surface area contributed by atoms with Gasteiger partial charge in [0.25, 0.3) is 0 Å². The Morgan fingerprint density at radius 2 is 1.72 bits per heavy atom. The number of benzene rings is 2. The van der Waals surface area contributed by atoms with Crippen LogP contribution in [0.1, 0.15) is 5.56 Å². The van der Waals surface area contributed by atoms with E-state index in [1.165, 1.54) is 16.3 Å². The summed E-state index contributed by atoms with van der Waals surface area (Å²) in [5.74, 6) is 0. The Hall–Kier alpha value is -1.67. The molecule has 0 spiro atoms. The van der Waals surface area contributed by atoms with Crippen molar-refractivity contribution < 1.29 is 4.57 Å². The van der Waals surface area contributed by atoms with Gasteiger partial charge in [-0.05, 0) is 17.5 Å². The van der Waals surface area contributed by atoms with Gasteiger partial charge in [0.05, 0.1) is 0 Å². The second kappa shape index (κ2) is 4.91. The van der Waals surface area contributed by atoms with Crippen LogP contribution in [0.3, 0.4) is 0 Å². The van der Waals surface area contributed by atoms with E-state index < -0.39 is 0 Å². The summed E-state index contributed by atoms with van der Waals surface area (Å²) in [6.45, 7) is 0.906. The van der Waals surface area contributed by atoms with Crippen molar-refractivity contribution in [3.05, 3.63) is 77.0 Å². The predicted molar refractivity (Wildman–Crippen MR) is 77.4 cm³/mol. The van der Waals surface area contributed by atoms with Gasteiger partial charge >= 0.3 is 0 Å². The molecule has 0 amide bonds. The van der Waals surface area contributed by atoms with E-state index in [9.17, 15) is 0 Å². The Labute approximate surface area is 115 Å². The third-order valence-electron chi connectivity index (χ3n) is 3.01. The fourth-order valence-corrected chi connectivity index (χ4v) is 2.48. The summed E-state index contributed by atoms with van der Waals surface area (Å²) >= 11 is 3.51. The Balaban J connectivity index is 1.98. The summed E-state index contributed by atoms with van der Waals surface area (Å²) in [4.78, 5) is 0. The molecule has 0 unspecified atom stereocenters. The maximum absolute atomic E-state index is 3.51. The number of rotatable bonds is 2. The molecule has 3 aromatic rings. The van der Waals surface area contributed by atoms with Gasteiger partial charge in [-0.2, -0.15) is 0 Å². The molecule has 0 radical (unpaired) electrons. The molecule has 0 N–H and O–H groups in total. The van der Waals surface area contributed by atoms with E-state index in [1.54, 1.807) is 0 Å². The first kappa shape index (κ1) is 11.4. The first-order valence-corrected chi connectivity index (χ1v) is 6.73. The van der Waals surface area contributed by atoms with Crippen molar-refractivity contribution in [1.29, 1.82) is 0 Å². The third kappa shape index (κ3) is 2.44. The highest BCUT2D eigenvalue weighted by Crippen LogP contribution is 2.17. The number of hydrogen-bond acceptors (Lipinski definition) is 0. The minimum absolute atomic E-state index is 0.906. The van der Waals surface area contributed by atoms with Gasteiger partial charge in [0.1, 0.15) is 0 Å². The van der Waals surface area contributed by atoms with Crippen LogP contribution in [0.2, 0.25) is 0 Å². The average Bonchev–Trinajstić information content (AvgIpc) is 2.39. The summed E-state index contributed by atoms with van der Waals surface area (Å²) in [6, 6.07) is 19.0. The van der Waals surface area contributed by atoms with Gasteiger partial charge < -0.3 is 0 Å². The molecule has 0 saturated carbocycles. The van der Waals surface area contributed by atoms with Crippen molar-refractivity contribution in [2.24, 2.45) is 0 Å². The lowest BCUT2D eigenvalue weighted by molar-refractivity contribution is -0.687. The highest BCUT2D eigenvalue weighted by Gasteiger charge is 2.04. The van der Waals surface area contributed by atoms with Gasteiger partial charge in [0.15, 0.2) is 18.9 Å². The maximum atomic E-state index is 3.51. The van der Waals surface area contributed by atoms with Crippen molar-refractivity contribution in [2.45, 2.75) is 6.54 Å². The molecule has 2 heteroatoms. The second-order valence-corrected chi connectivity index (χ2v) is 5.29. The van der Waals surface area contributed by atoms with Crippen molar-refractivity contribution >= 4 is 26.7 Å². The molecule has 0 fully saturated rings. The Kier molecular flexibility index (Phi) is 3.11. The van der Waals surface area contributed by atoms with Gasteiger partial charge in [-0.3, -0.25) is 0 Å². The van der Waals surface area contributed by atoms with Gasteiger partial charge in [0, 0.05) is 21.5 Å². The summed E-state index contributed by atoms with van der Waals surface area (Å²) in [5.41, 5.74) is 1.32. The van der Waals surface area contributed by atoms with E-state index in [2.05, 4.69) is 81.4 Å². The molecule has 0 saturated heterocycles. The molecule has 0 aliphatic rings. The number of aromatic nitrogens is 1. The van der Waals surface area contributed by atoms with E-state index in [4.69, 9.17) is 0 Å². The first-order valence-electron chi connectivity index (χ1n) is 5.93. The summed E-state index contributed by atoms with van der Waals surface area (Å²) in [7, 11) is 0. The zero-order valence-electron chi connectivity index (χ0n) is 9.88. The number of halogens is 1. The fraction of sp³-hybridized carbons (Fsp3) is 0.0625. The standard InChI is InChI=1S/C16H13BrN/c17-16-7-6-14-8-9-18(12-15(14)10-16)11-13-4-2-1-3-5-13/h1-10,12H,11H2/q+1. The number of pyridine rings is 1. The molecule has 0 atom stereocenters. The largest absolute Gasteiger partial charge is 0.200 e. The van der Waals surface area contributed by atoms with Crippen LogP contribution in [0.25, 0.3) is 10.8 Å². The Bertz CT molecular complexity index is 677. The number of fused-ring (bicyclic) bond motifs is 1. The van der Waals surface area contributed by atoms with Gasteiger partial charge in [-0.1, -0.05) is 52.3 Å². The smallest absolute Gasteiger partial charge is 0.177 e. The maximum Gasteiger partial charge on any atom is 0.177 e. The molecular weight excluding hydrogens is 286 g/mol. The minimum atomic E-state index is 0.906. The van der Waals surface area contributed by atoms with Crippen LogP contribution in [0.15, 0.2) is 71.5 Å².